The van der Waals surface area contributed by atoms with Crippen molar-refractivity contribution in [2.24, 2.45) is 11.5 Å². The highest BCUT2D eigenvalue weighted by Crippen LogP contribution is 2.05. The van der Waals surface area contributed by atoms with Gasteiger partial charge in [0.2, 0.25) is 5.78 Å². The van der Waals surface area contributed by atoms with Gasteiger partial charge in [-0.3, -0.25) is 9.59 Å². The first-order valence-corrected chi connectivity index (χ1v) is 4.84. The van der Waals surface area contributed by atoms with E-state index >= 15 is 0 Å². The molecule has 0 aliphatic rings. The van der Waals surface area contributed by atoms with Crippen LogP contribution in [0.4, 0.5) is 0 Å². The molecule has 6 N–H and O–H groups in total. The molecule has 0 aliphatic heterocycles. The Morgan fingerprint density at radius 1 is 1.06 bits per heavy atom. The van der Waals surface area contributed by atoms with E-state index in [0.29, 0.717) is 12.8 Å². The van der Waals surface area contributed by atoms with Gasteiger partial charge in [-0.1, -0.05) is 0 Å². The largest absolute Gasteiger partial charge is 0.480 e. The van der Waals surface area contributed by atoms with Gasteiger partial charge in [0, 0.05) is 12.5 Å². The van der Waals surface area contributed by atoms with Gasteiger partial charge < -0.3 is 21.7 Å². The second-order valence-corrected chi connectivity index (χ2v) is 3.57. The summed E-state index contributed by atoms with van der Waals surface area (Å²) in [6.07, 6.45) is 0.837. The number of Topliss-reactive ketones (excluding diaryl/α,β-unsaturated/α-hetero) is 1. The lowest BCUT2D eigenvalue weighted by molar-refractivity contribution is -0.149. The van der Waals surface area contributed by atoms with E-state index in [1.807, 2.05) is 0 Å². The van der Waals surface area contributed by atoms with Crippen LogP contribution in [0, 0.1) is 0 Å². The van der Waals surface area contributed by atoms with E-state index < -0.39 is 29.8 Å². The van der Waals surface area contributed by atoms with Crippen molar-refractivity contribution in [3.05, 3.63) is 0 Å². The number of rotatable bonds is 8. The van der Waals surface area contributed by atoms with E-state index in [4.69, 9.17) is 21.7 Å². The van der Waals surface area contributed by atoms with Crippen molar-refractivity contribution >= 4 is 17.7 Å². The molecule has 0 radical (unpaired) electrons. The molecule has 0 saturated heterocycles. The molecular weight excluding hydrogens is 216 g/mol. The van der Waals surface area contributed by atoms with Gasteiger partial charge in [-0.25, -0.2) is 4.79 Å². The van der Waals surface area contributed by atoms with Gasteiger partial charge in [0.1, 0.15) is 6.04 Å². The lowest BCUT2D eigenvalue weighted by Gasteiger charge is -2.10. The Hall–Kier alpha value is -1.47. The maximum Gasteiger partial charge on any atom is 0.372 e. The van der Waals surface area contributed by atoms with Crippen molar-refractivity contribution in [2.75, 3.05) is 0 Å². The summed E-state index contributed by atoms with van der Waals surface area (Å²) in [5, 5.41) is 16.8. The molecule has 0 fully saturated rings. The van der Waals surface area contributed by atoms with Gasteiger partial charge in [0.15, 0.2) is 0 Å². The average molecular weight is 232 g/mol. The van der Waals surface area contributed by atoms with Gasteiger partial charge in [-0.05, 0) is 19.3 Å². The summed E-state index contributed by atoms with van der Waals surface area (Å²) in [4.78, 5) is 31.3. The lowest BCUT2D eigenvalue weighted by atomic mass is 10.0. The van der Waals surface area contributed by atoms with Crippen LogP contribution in [0.2, 0.25) is 0 Å². The Morgan fingerprint density at radius 2 is 1.62 bits per heavy atom. The average Bonchev–Trinajstić information content (AvgIpc) is 2.16. The van der Waals surface area contributed by atoms with Crippen LogP contribution in [0.15, 0.2) is 0 Å². The van der Waals surface area contributed by atoms with Gasteiger partial charge >= 0.3 is 11.9 Å². The van der Waals surface area contributed by atoms with E-state index in [1.54, 1.807) is 0 Å². The molecule has 0 bridgehead atoms. The minimum atomic E-state index is -1.50. The monoisotopic (exact) mass is 232 g/mol. The number of hydrogen-bond donors (Lipinski definition) is 4. The lowest BCUT2D eigenvalue weighted by Crippen LogP contribution is -2.31. The fraction of sp³-hybridized carbons (Fsp3) is 0.667. The van der Waals surface area contributed by atoms with Crippen LogP contribution in [0.25, 0.3) is 0 Å². The summed E-state index contributed by atoms with van der Waals surface area (Å²) in [7, 11) is 0. The summed E-state index contributed by atoms with van der Waals surface area (Å²) >= 11 is 0. The Balaban J connectivity index is 3.74. The molecule has 0 heterocycles. The first kappa shape index (κ1) is 14.5. The molecule has 0 aromatic heterocycles. The van der Waals surface area contributed by atoms with Crippen molar-refractivity contribution < 1.29 is 24.6 Å². The van der Waals surface area contributed by atoms with Gasteiger partial charge in [-0.2, -0.15) is 0 Å². The molecule has 7 nitrogen and oxygen atoms in total. The molecule has 2 atom stereocenters. The molecule has 1 unspecified atom stereocenters. The van der Waals surface area contributed by atoms with Gasteiger partial charge in [0.05, 0.1) is 0 Å². The van der Waals surface area contributed by atoms with Crippen LogP contribution >= 0.6 is 0 Å². The molecular formula is C9H16N2O5. The summed E-state index contributed by atoms with van der Waals surface area (Å²) in [6, 6.07) is -1.51. The zero-order chi connectivity index (χ0) is 12.7. The predicted octanol–water partition coefficient (Wildman–Crippen LogP) is -1.06. The summed E-state index contributed by atoms with van der Waals surface area (Å²) in [5.41, 5.74) is 10.8. The Morgan fingerprint density at radius 3 is 2.06 bits per heavy atom. The van der Waals surface area contributed by atoms with Crippen molar-refractivity contribution in [1.82, 2.24) is 0 Å². The van der Waals surface area contributed by atoms with E-state index in [2.05, 4.69) is 0 Å². The van der Waals surface area contributed by atoms with E-state index in [1.165, 1.54) is 0 Å². The Bertz CT molecular complexity index is 279. The molecule has 92 valence electrons. The molecule has 0 saturated carbocycles. The topological polar surface area (TPSA) is 144 Å². The normalized spacial score (nSPS) is 14.1. The number of nitrogens with two attached hydrogens (primary N) is 2. The molecule has 0 aliphatic carbocycles. The van der Waals surface area contributed by atoms with E-state index in [-0.39, 0.29) is 12.8 Å². The second kappa shape index (κ2) is 6.91. The van der Waals surface area contributed by atoms with Crippen LogP contribution in [-0.2, 0) is 14.4 Å². The third-order valence-corrected chi connectivity index (χ3v) is 2.09. The fourth-order valence-electron chi connectivity index (χ4n) is 1.15. The van der Waals surface area contributed by atoms with Crippen molar-refractivity contribution in [3.63, 3.8) is 0 Å². The van der Waals surface area contributed by atoms with Crippen LogP contribution in [0.1, 0.15) is 25.7 Å². The summed E-state index contributed by atoms with van der Waals surface area (Å²) in [6.45, 7) is 0. The highest BCUT2D eigenvalue weighted by molar-refractivity contribution is 6.32. The van der Waals surface area contributed by atoms with E-state index in [9.17, 15) is 14.4 Å². The maximum atomic E-state index is 10.8. The predicted molar refractivity (Wildman–Crippen MR) is 54.7 cm³/mol. The third-order valence-electron chi connectivity index (χ3n) is 2.09. The first-order chi connectivity index (χ1) is 7.34. The highest BCUT2D eigenvalue weighted by atomic mass is 16.4. The number of carboxylic acid groups (broad SMARTS) is 2. The molecule has 0 amide bonds. The standard InChI is InChI=1S/C9H16N2O5/c10-5(4-7(12)9(15)16)2-1-3-6(11)8(13)14/h5-6H,1-4,10-11H2,(H,13,14)(H,15,16)/t5?,6-/m0/s1. The molecule has 16 heavy (non-hydrogen) atoms. The van der Waals surface area contributed by atoms with Crippen LogP contribution in [0.3, 0.4) is 0 Å². The number of carboxylic acids is 2. The van der Waals surface area contributed by atoms with Crippen LogP contribution < -0.4 is 11.5 Å². The number of carbonyl (C=O) groups is 3. The maximum absolute atomic E-state index is 10.8. The summed E-state index contributed by atoms with van der Waals surface area (Å²) in [5.74, 6) is -3.53. The third kappa shape index (κ3) is 6.10. The molecule has 0 aromatic carbocycles. The Kier molecular flexibility index (Phi) is 6.28. The van der Waals surface area contributed by atoms with Crippen LogP contribution in [-0.4, -0.2) is 40.0 Å². The SMILES string of the molecule is NC(CCC[C@H](N)C(=O)O)CC(=O)C(=O)O. The number of ketones is 1. The first-order valence-electron chi connectivity index (χ1n) is 4.84. The number of hydrogen-bond acceptors (Lipinski definition) is 5. The number of aliphatic carboxylic acids is 2. The van der Waals surface area contributed by atoms with Crippen molar-refractivity contribution in [2.45, 2.75) is 37.8 Å². The Labute approximate surface area is 92.4 Å². The fourth-order valence-corrected chi connectivity index (χ4v) is 1.15. The summed E-state index contributed by atoms with van der Waals surface area (Å²) < 4.78 is 0. The van der Waals surface area contributed by atoms with Gasteiger partial charge in [-0.15, -0.1) is 0 Å². The molecule has 7 heteroatoms. The van der Waals surface area contributed by atoms with Crippen molar-refractivity contribution in [1.29, 1.82) is 0 Å². The van der Waals surface area contributed by atoms with Gasteiger partial charge in [0.25, 0.3) is 0 Å². The molecule has 0 spiro atoms. The van der Waals surface area contributed by atoms with E-state index in [0.717, 1.165) is 0 Å². The van der Waals surface area contributed by atoms with Crippen LogP contribution in [0.5, 0.6) is 0 Å². The minimum absolute atomic E-state index is 0.238. The highest BCUT2D eigenvalue weighted by Gasteiger charge is 2.17. The minimum Gasteiger partial charge on any atom is -0.480 e. The number of carbonyl (C=O) groups excluding carboxylic acids is 1. The quantitative estimate of drug-likeness (QED) is 0.390. The molecule has 0 rings (SSSR count). The molecule has 0 aromatic rings. The second-order valence-electron chi connectivity index (χ2n) is 3.57. The van der Waals surface area contributed by atoms with Crippen molar-refractivity contribution in [3.8, 4) is 0 Å². The zero-order valence-corrected chi connectivity index (χ0v) is 8.76. The smallest absolute Gasteiger partial charge is 0.372 e. The zero-order valence-electron chi connectivity index (χ0n) is 8.76.